The highest BCUT2D eigenvalue weighted by molar-refractivity contribution is 5.80. The molecule has 2 amide bonds. The van der Waals surface area contributed by atoms with Crippen LogP contribution in [0.2, 0.25) is 0 Å². The summed E-state index contributed by atoms with van der Waals surface area (Å²) in [7, 11) is 0. The highest BCUT2D eigenvalue weighted by Gasteiger charge is 2.32. The summed E-state index contributed by atoms with van der Waals surface area (Å²) in [4.78, 5) is 27.4. The number of rotatable bonds is 7. The fourth-order valence-electron chi connectivity index (χ4n) is 3.20. The number of amides is 2. The van der Waals surface area contributed by atoms with Gasteiger partial charge in [0.05, 0.1) is 12.5 Å². The number of anilines is 1. The molecule has 24 heavy (non-hydrogen) atoms. The van der Waals surface area contributed by atoms with Gasteiger partial charge in [-0.15, -0.1) is 0 Å². The predicted molar refractivity (Wildman–Crippen MR) is 89.9 cm³/mol. The first-order chi connectivity index (χ1) is 11.5. The fourth-order valence-corrected chi connectivity index (χ4v) is 3.20. The molecule has 132 valence electrons. The average molecular weight is 334 g/mol. The summed E-state index contributed by atoms with van der Waals surface area (Å²) in [5.41, 5.74) is 6.49. The number of pyridine rings is 1. The summed E-state index contributed by atoms with van der Waals surface area (Å²) < 4.78 is 0. The van der Waals surface area contributed by atoms with Crippen molar-refractivity contribution in [1.29, 1.82) is 0 Å². The zero-order chi connectivity index (χ0) is 17.5. The number of nitrogens with one attached hydrogen (secondary N) is 2. The van der Waals surface area contributed by atoms with Crippen LogP contribution in [0.4, 0.5) is 5.82 Å². The Bertz CT molecular complexity index is 559. The molecule has 0 saturated heterocycles. The van der Waals surface area contributed by atoms with Crippen molar-refractivity contribution in [2.45, 2.75) is 39.5 Å². The van der Waals surface area contributed by atoms with Crippen molar-refractivity contribution in [3.63, 3.8) is 0 Å². The molecule has 7 heteroatoms. The average Bonchev–Trinajstić information content (AvgIpc) is 2.58. The summed E-state index contributed by atoms with van der Waals surface area (Å²) in [5, 5.41) is 10.1. The van der Waals surface area contributed by atoms with Crippen LogP contribution in [0.1, 0.15) is 38.2 Å². The van der Waals surface area contributed by atoms with Crippen LogP contribution in [-0.4, -0.2) is 34.1 Å². The van der Waals surface area contributed by atoms with Gasteiger partial charge in [-0.1, -0.05) is 19.8 Å². The number of hydroxylamine groups is 2. The molecule has 0 unspecified atom stereocenters. The number of hydrazine groups is 1. The van der Waals surface area contributed by atoms with Crippen molar-refractivity contribution < 1.29 is 14.8 Å². The van der Waals surface area contributed by atoms with E-state index in [4.69, 9.17) is 0 Å². The second-order valence-corrected chi connectivity index (χ2v) is 6.69. The first-order valence-electron chi connectivity index (χ1n) is 8.39. The molecule has 0 bridgehead atoms. The van der Waals surface area contributed by atoms with Crippen molar-refractivity contribution in [2.24, 2.45) is 17.8 Å². The van der Waals surface area contributed by atoms with E-state index < -0.39 is 5.92 Å². The normalized spacial score (nSPS) is 21.6. The lowest BCUT2D eigenvalue weighted by atomic mass is 9.76. The molecule has 1 aliphatic carbocycles. The van der Waals surface area contributed by atoms with Gasteiger partial charge in [0.1, 0.15) is 5.82 Å². The van der Waals surface area contributed by atoms with Crippen molar-refractivity contribution in [3.8, 4) is 0 Å². The van der Waals surface area contributed by atoms with E-state index in [2.05, 4.69) is 22.8 Å². The van der Waals surface area contributed by atoms with Gasteiger partial charge in [-0.25, -0.2) is 10.0 Å². The van der Waals surface area contributed by atoms with Crippen LogP contribution in [0, 0.1) is 24.7 Å². The molecule has 1 heterocycles. The summed E-state index contributed by atoms with van der Waals surface area (Å²) >= 11 is 0. The number of carbonyl (C=O) groups is 2. The first-order valence-corrected chi connectivity index (χ1v) is 8.39. The zero-order valence-electron chi connectivity index (χ0n) is 14.2. The Morgan fingerprint density at radius 2 is 2.17 bits per heavy atom. The Balaban J connectivity index is 1.99. The number of hydrogen-bond donors (Lipinski definition) is 3. The van der Waals surface area contributed by atoms with E-state index in [0.29, 0.717) is 23.2 Å². The molecular formula is C17H26N4O3. The fraction of sp³-hybridized carbons (Fsp3) is 0.588. The topological polar surface area (TPSA) is 94.6 Å². The van der Waals surface area contributed by atoms with E-state index in [1.54, 1.807) is 6.20 Å². The summed E-state index contributed by atoms with van der Waals surface area (Å²) in [6, 6.07) is 3.69. The predicted octanol–water partition coefficient (Wildman–Crippen LogP) is 2.12. The van der Waals surface area contributed by atoms with Gasteiger partial charge in [-0.3, -0.25) is 25.6 Å². The van der Waals surface area contributed by atoms with Crippen LogP contribution in [0.25, 0.3) is 0 Å². The molecule has 7 nitrogen and oxygen atoms in total. The van der Waals surface area contributed by atoms with Crippen molar-refractivity contribution in [3.05, 3.63) is 23.9 Å². The molecule has 0 spiro atoms. The maximum Gasteiger partial charge on any atom is 0.243 e. The maximum absolute atomic E-state index is 12.6. The zero-order valence-corrected chi connectivity index (χ0v) is 14.2. The lowest BCUT2D eigenvalue weighted by Crippen LogP contribution is -2.44. The smallest absolute Gasteiger partial charge is 0.243 e. The van der Waals surface area contributed by atoms with Crippen molar-refractivity contribution >= 4 is 18.1 Å². The Morgan fingerprint density at radius 3 is 2.79 bits per heavy atom. The van der Waals surface area contributed by atoms with Gasteiger partial charge in [-0.05, 0) is 49.3 Å². The molecule has 0 aliphatic heterocycles. The van der Waals surface area contributed by atoms with E-state index in [-0.39, 0.29) is 18.4 Å². The van der Waals surface area contributed by atoms with Gasteiger partial charge in [-0.2, -0.15) is 0 Å². The van der Waals surface area contributed by atoms with E-state index in [1.807, 2.05) is 19.1 Å². The lowest BCUT2D eigenvalue weighted by Gasteiger charge is -2.32. The second kappa shape index (κ2) is 8.63. The third kappa shape index (κ3) is 5.19. The Hall–Kier alpha value is -2.15. The highest BCUT2D eigenvalue weighted by Crippen LogP contribution is 2.33. The minimum atomic E-state index is -0.454. The number of hydrogen-bond acceptors (Lipinski definition) is 5. The minimum absolute atomic E-state index is 0.00267. The van der Waals surface area contributed by atoms with Gasteiger partial charge in [0.15, 0.2) is 0 Å². The van der Waals surface area contributed by atoms with Crippen LogP contribution < -0.4 is 10.9 Å². The molecule has 1 saturated carbocycles. The van der Waals surface area contributed by atoms with Gasteiger partial charge in [0.2, 0.25) is 12.3 Å². The van der Waals surface area contributed by atoms with Crippen molar-refractivity contribution in [2.75, 3.05) is 12.0 Å². The Morgan fingerprint density at radius 1 is 1.46 bits per heavy atom. The maximum atomic E-state index is 12.6. The van der Waals surface area contributed by atoms with E-state index in [0.717, 1.165) is 31.2 Å². The van der Waals surface area contributed by atoms with E-state index >= 15 is 0 Å². The third-order valence-corrected chi connectivity index (χ3v) is 4.70. The third-order valence-electron chi connectivity index (χ3n) is 4.70. The van der Waals surface area contributed by atoms with E-state index in [1.165, 1.54) is 0 Å². The van der Waals surface area contributed by atoms with Gasteiger partial charge >= 0.3 is 0 Å². The Labute approximate surface area is 142 Å². The van der Waals surface area contributed by atoms with Crippen LogP contribution in [-0.2, 0) is 9.59 Å². The molecule has 2 rings (SSSR count). The number of carbonyl (C=O) groups excluding carboxylic acids is 2. The molecule has 1 aromatic rings. The van der Waals surface area contributed by atoms with Crippen LogP contribution in [0.3, 0.4) is 0 Å². The number of aryl methyl sites for hydroxylation is 1. The first kappa shape index (κ1) is 18.2. The number of aromatic nitrogens is 1. The largest absolute Gasteiger partial charge is 0.286 e. The molecule has 1 aromatic heterocycles. The quantitative estimate of drug-likeness (QED) is 0.403. The lowest BCUT2D eigenvalue weighted by molar-refractivity contribution is -0.156. The minimum Gasteiger partial charge on any atom is -0.286 e. The molecule has 0 aromatic carbocycles. The molecule has 1 atom stereocenters. The van der Waals surface area contributed by atoms with Crippen LogP contribution in [0.5, 0.6) is 0 Å². The summed E-state index contributed by atoms with van der Waals surface area (Å²) in [5.74, 6) is 0.679. The van der Waals surface area contributed by atoms with Crippen LogP contribution in [0.15, 0.2) is 18.3 Å². The van der Waals surface area contributed by atoms with Gasteiger partial charge in [0.25, 0.3) is 0 Å². The molecule has 0 radical (unpaired) electrons. The number of nitrogens with zero attached hydrogens (tertiary/aromatic N) is 2. The summed E-state index contributed by atoms with van der Waals surface area (Å²) in [6.45, 7) is 4.14. The van der Waals surface area contributed by atoms with Crippen LogP contribution >= 0.6 is 0 Å². The van der Waals surface area contributed by atoms with E-state index in [9.17, 15) is 14.8 Å². The molecule has 1 aliphatic rings. The Kier molecular flexibility index (Phi) is 6.54. The molecule has 3 N–H and O–H groups in total. The van der Waals surface area contributed by atoms with Gasteiger partial charge < -0.3 is 0 Å². The highest BCUT2D eigenvalue weighted by atomic mass is 16.5. The molecule has 1 fully saturated rings. The van der Waals surface area contributed by atoms with Gasteiger partial charge in [0, 0.05) is 6.20 Å². The SMILES string of the molecule is Cc1ccnc(NNC(=O)[C@H](CN(O)C=O)C2CCC(C)CC2)c1. The standard InChI is InChI=1S/C17H26N4O3/c1-12-3-5-14(6-4-12)15(10-21(24)11-22)17(23)20-19-16-9-13(2)7-8-18-16/h7-9,11-12,14-15,24H,3-6,10H2,1-2H3,(H,18,19)(H,20,23)/t12?,14?,15-/m1/s1. The summed E-state index contributed by atoms with van der Waals surface area (Å²) in [6.07, 6.45) is 5.97. The monoisotopic (exact) mass is 334 g/mol. The molecular weight excluding hydrogens is 308 g/mol. The van der Waals surface area contributed by atoms with Crippen molar-refractivity contribution in [1.82, 2.24) is 15.5 Å². The second-order valence-electron chi connectivity index (χ2n) is 6.69.